The molecule has 0 radical (unpaired) electrons. The van der Waals surface area contributed by atoms with Crippen molar-refractivity contribution in [1.29, 1.82) is 0 Å². The highest BCUT2D eigenvalue weighted by Gasteiger charge is 2.27. The molecule has 4 rings (SSSR count). The van der Waals surface area contributed by atoms with Crippen LogP contribution in [0.3, 0.4) is 0 Å². The van der Waals surface area contributed by atoms with Gasteiger partial charge in [-0.05, 0) is 60.4 Å². The van der Waals surface area contributed by atoms with Crippen LogP contribution in [0.1, 0.15) is 23.1 Å². The van der Waals surface area contributed by atoms with Gasteiger partial charge >= 0.3 is 0 Å². The van der Waals surface area contributed by atoms with Gasteiger partial charge in [-0.3, -0.25) is 9.80 Å². The molecular weight excluding hydrogens is 379 g/mol. The van der Waals surface area contributed by atoms with E-state index in [-0.39, 0.29) is 18.5 Å². The molecule has 0 aliphatic carbocycles. The van der Waals surface area contributed by atoms with Crippen LogP contribution in [0.25, 0.3) is 5.69 Å². The van der Waals surface area contributed by atoms with Crippen molar-refractivity contribution >= 4 is 0 Å². The van der Waals surface area contributed by atoms with Gasteiger partial charge in [0.2, 0.25) is 0 Å². The van der Waals surface area contributed by atoms with E-state index >= 15 is 0 Å². The van der Waals surface area contributed by atoms with E-state index in [0.717, 1.165) is 50.4 Å². The SMILES string of the molecule is Cc1cc(-n2cccn2)ccc1CN1CCN(Cc2ccc(F)cc2)C(CCO)C1. The van der Waals surface area contributed by atoms with Gasteiger partial charge in [0.15, 0.2) is 0 Å². The Bertz CT molecular complexity index is 942. The maximum absolute atomic E-state index is 13.2. The summed E-state index contributed by atoms with van der Waals surface area (Å²) in [7, 11) is 0. The number of aliphatic hydroxyl groups is 1. The first-order valence-electron chi connectivity index (χ1n) is 10.5. The Morgan fingerprint density at radius 3 is 2.63 bits per heavy atom. The second kappa shape index (κ2) is 9.51. The fourth-order valence-electron chi connectivity index (χ4n) is 4.22. The summed E-state index contributed by atoms with van der Waals surface area (Å²) in [5, 5.41) is 13.9. The van der Waals surface area contributed by atoms with Crippen molar-refractivity contribution in [3.63, 3.8) is 0 Å². The molecule has 1 saturated heterocycles. The summed E-state index contributed by atoms with van der Waals surface area (Å²) < 4.78 is 15.1. The minimum atomic E-state index is -0.204. The quantitative estimate of drug-likeness (QED) is 0.651. The number of rotatable bonds is 7. The third-order valence-corrected chi connectivity index (χ3v) is 5.94. The van der Waals surface area contributed by atoms with E-state index in [1.165, 1.54) is 23.3 Å². The number of aliphatic hydroxyl groups excluding tert-OH is 1. The number of hydrogen-bond donors (Lipinski definition) is 1. The minimum absolute atomic E-state index is 0.177. The molecule has 2 heterocycles. The van der Waals surface area contributed by atoms with Gasteiger partial charge in [0.1, 0.15) is 5.82 Å². The number of aryl methyl sites for hydroxylation is 1. The first-order chi connectivity index (χ1) is 14.6. The van der Waals surface area contributed by atoms with Crippen LogP contribution in [0.2, 0.25) is 0 Å². The van der Waals surface area contributed by atoms with Crippen molar-refractivity contribution in [2.45, 2.75) is 32.5 Å². The molecule has 0 saturated carbocycles. The van der Waals surface area contributed by atoms with E-state index < -0.39 is 0 Å². The van der Waals surface area contributed by atoms with Crippen molar-refractivity contribution in [2.75, 3.05) is 26.2 Å². The molecule has 5 nitrogen and oxygen atoms in total. The summed E-state index contributed by atoms with van der Waals surface area (Å²) >= 11 is 0. The van der Waals surface area contributed by atoms with Gasteiger partial charge < -0.3 is 5.11 Å². The average molecular weight is 409 g/mol. The molecule has 1 aliphatic heterocycles. The van der Waals surface area contributed by atoms with Crippen molar-refractivity contribution < 1.29 is 9.50 Å². The van der Waals surface area contributed by atoms with Crippen LogP contribution in [0, 0.1) is 12.7 Å². The zero-order valence-electron chi connectivity index (χ0n) is 17.4. The summed E-state index contributed by atoms with van der Waals surface area (Å²) in [5.74, 6) is -0.204. The van der Waals surface area contributed by atoms with Gasteiger partial charge in [0.05, 0.1) is 5.69 Å². The molecule has 2 aromatic carbocycles. The standard InChI is InChI=1S/C24H29FN4O/c1-19-15-23(29-11-2-10-26-29)8-5-21(19)17-27-12-13-28(24(18-27)9-14-30)16-20-3-6-22(25)7-4-20/h2-8,10-11,15,24,30H,9,12-14,16-18H2,1H3. The monoisotopic (exact) mass is 408 g/mol. The Morgan fingerprint density at radius 2 is 1.93 bits per heavy atom. The molecule has 3 aromatic rings. The summed E-state index contributed by atoms with van der Waals surface area (Å²) in [4.78, 5) is 4.88. The lowest BCUT2D eigenvalue weighted by Crippen LogP contribution is -2.52. The molecule has 1 N–H and O–H groups in total. The van der Waals surface area contributed by atoms with E-state index in [1.807, 2.05) is 29.1 Å². The molecule has 6 heteroatoms. The number of nitrogens with zero attached hydrogens (tertiary/aromatic N) is 4. The van der Waals surface area contributed by atoms with Crippen LogP contribution >= 0.6 is 0 Å². The van der Waals surface area contributed by atoms with E-state index in [9.17, 15) is 9.50 Å². The molecule has 0 spiro atoms. The highest BCUT2D eigenvalue weighted by molar-refractivity contribution is 5.39. The fourth-order valence-corrected chi connectivity index (χ4v) is 4.22. The lowest BCUT2D eigenvalue weighted by atomic mass is 10.0. The largest absolute Gasteiger partial charge is 0.396 e. The third kappa shape index (κ3) is 4.95. The Balaban J connectivity index is 1.41. The first-order valence-corrected chi connectivity index (χ1v) is 10.5. The Labute approximate surface area is 177 Å². The minimum Gasteiger partial charge on any atom is -0.396 e. The maximum atomic E-state index is 13.2. The molecule has 30 heavy (non-hydrogen) atoms. The molecular formula is C24H29FN4O. The van der Waals surface area contributed by atoms with E-state index in [1.54, 1.807) is 6.20 Å². The zero-order valence-corrected chi connectivity index (χ0v) is 17.4. The number of halogens is 1. The molecule has 1 aliphatic rings. The maximum Gasteiger partial charge on any atom is 0.123 e. The number of piperazine rings is 1. The number of hydrogen-bond acceptors (Lipinski definition) is 4. The van der Waals surface area contributed by atoms with Crippen molar-refractivity contribution in [1.82, 2.24) is 19.6 Å². The summed E-state index contributed by atoms with van der Waals surface area (Å²) in [6.07, 6.45) is 4.49. The molecule has 1 unspecified atom stereocenters. The van der Waals surface area contributed by atoms with Gasteiger partial charge in [0.25, 0.3) is 0 Å². The van der Waals surface area contributed by atoms with Crippen LogP contribution in [-0.2, 0) is 13.1 Å². The Kier molecular flexibility index (Phi) is 6.57. The first kappa shape index (κ1) is 20.7. The van der Waals surface area contributed by atoms with Crippen molar-refractivity contribution in [2.24, 2.45) is 0 Å². The summed E-state index contributed by atoms with van der Waals surface area (Å²) in [5.41, 5.74) is 4.76. The van der Waals surface area contributed by atoms with Crippen molar-refractivity contribution in [3.05, 3.63) is 83.4 Å². The van der Waals surface area contributed by atoms with Gasteiger partial charge in [-0.1, -0.05) is 18.2 Å². The fraction of sp³-hybridized carbons (Fsp3) is 0.375. The van der Waals surface area contributed by atoms with Gasteiger partial charge in [-0.2, -0.15) is 5.10 Å². The summed E-state index contributed by atoms with van der Waals surface area (Å²) in [6, 6.07) is 15.4. The molecule has 1 atom stereocenters. The molecule has 1 aromatic heterocycles. The van der Waals surface area contributed by atoms with Crippen LogP contribution in [0.15, 0.2) is 60.9 Å². The molecule has 0 bridgehead atoms. The number of benzene rings is 2. The highest BCUT2D eigenvalue weighted by atomic mass is 19.1. The third-order valence-electron chi connectivity index (χ3n) is 5.94. The highest BCUT2D eigenvalue weighted by Crippen LogP contribution is 2.21. The van der Waals surface area contributed by atoms with E-state index in [0.29, 0.717) is 0 Å². The van der Waals surface area contributed by atoms with Gasteiger partial charge in [-0.15, -0.1) is 0 Å². The molecule has 0 amide bonds. The van der Waals surface area contributed by atoms with E-state index in [4.69, 9.17) is 0 Å². The van der Waals surface area contributed by atoms with Crippen molar-refractivity contribution in [3.8, 4) is 5.69 Å². The Hall–Kier alpha value is -2.54. The second-order valence-electron chi connectivity index (χ2n) is 8.06. The summed E-state index contributed by atoms with van der Waals surface area (Å²) in [6.45, 7) is 6.85. The van der Waals surface area contributed by atoms with Crippen LogP contribution in [-0.4, -0.2) is 57.0 Å². The van der Waals surface area contributed by atoms with Gasteiger partial charge in [-0.25, -0.2) is 9.07 Å². The average Bonchev–Trinajstić information content (AvgIpc) is 3.28. The van der Waals surface area contributed by atoms with Crippen LogP contribution < -0.4 is 0 Å². The Morgan fingerprint density at radius 1 is 1.10 bits per heavy atom. The smallest absolute Gasteiger partial charge is 0.123 e. The number of aromatic nitrogens is 2. The van der Waals surface area contributed by atoms with E-state index in [2.05, 4.69) is 40.0 Å². The van der Waals surface area contributed by atoms with Crippen LogP contribution in [0.4, 0.5) is 4.39 Å². The lowest BCUT2D eigenvalue weighted by molar-refractivity contribution is 0.0499. The normalized spacial score (nSPS) is 18.0. The predicted octanol–water partition coefficient (Wildman–Crippen LogP) is 3.39. The van der Waals surface area contributed by atoms with Gasteiger partial charge in [0, 0.05) is 57.8 Å². The molecule has 1 fully saturated rings. The second-order valence-corrected chi connectivity index (χ2v) is 8.06. The predicted molar refractivity (Wildman–Crippen MR) is 116 cm³/mol. The van der Waals surface area contributed by atoms with Crippen LogP contribution in [0.5, 0.6) is 0 Å². The topological polar surface area (TPSA) is 44.5 Å². The zero-order chi connectivity index (χ0) is 20.9. The lowest BCUT2D eigenvalue weighted by Gasteiger charge is -2.41. The molecule has 158 valence electrons.